The molecular weight excluding hydrogens is 307 g/mol. The predicted molar refractivity (Wildman–Crippen MR) is 78.6 cm³/mol. The Morgan fingerprint density at radius 3 is 2.78 bits per heavy atom. The van der Waals surface area contributed by atoms with Crippen molar-refractivity contribution in [2.75, 3.05) is 6.54 Å². The lowest BCUT2D eigenvalue weighted by Crippen LogP contribution is -2.28. The highest BCUT2D eigenvalue weighted by atomic mass is 19.4. The van der Waals surface area contributed by atoms with Gasteiger partial charge in [-0.2, -0.15) is 13.2 Å². The van der Waals surface area contributed by atoms with E-state index in [1.807, 2.05) is 0 Å². The van der Waals surface area contributed by atoms with Crippen LogP contribution in [0.4, 0.5) is 13.2 Å². The number of nitrogens with zero attached hydrogens (tertiary/aromatic N) is 3. The van der Waals surface area contributed by atoms with E-state index in [0.29, 0.717) is 31.8 Å². The van der Waals surface area contributed by atoms with Crippen LogP contribution in [0.1, 0.15) is 56.2 Å². The number of aryl methyl sites for hydroxylation is 1. The average molecular weight is 329 g/mol. The number of aromatic nitrogens is 2. The molecule has 4 nitrogen and oxygen atoms in total. The Balaban J connectivity index is 1.87. The zero-order valence-corrected chi connectivity index (χ0v) is 13.3. The summed E-state index contributed by atoms with van der Waals surface area (Å²) < 4.78 is 41.7. The summed E-state index contributed by atoms with van der Waals surface area (Å²) >= 11 is 0. The summed E-state index contributed by atoms with van der Waals surface area (Å²) in [7, 11) is 0. The Morgan fingerprint density at radius 1 is 1.30 bits per heavy atom. The van der Waals surface area contributed by atoms with Crippen LogP contribution >= 0.6 is 0 Å². The summed E-state index contributed by atoms with van der Waals surface area (Å²) in [6, 6.07) is 0. The van der Waals surface area contributed by atoms with Gasteiger partial charge in [-0.3, -0.25) is 4.79 Å². The lowest BCUT2D eigenvalue weighted by atomic mass is 10.0. The lowest BCUT2D eigenvalue weighted by molar-refractivity contribution is -0.142. The van der Waals surface area contributed by atoms with Gasteiger partial charge in [-0.15, -0.1) is 0 Å². The molecule has 0 N–H and O–H groups in total. The number of imidazole rings is 1. The first-order valence-corrected chi connectivity index (χ1v) is 8.33. The van der Waals surface area contributed by atoms with Gasteiger partial charge in [0.05, 0.1) is 12.2 Å². The molecule has 0 aromatic carbocycles. The van der Waals surface area contributed by atoms with Gasteiger partial charge < -0.3 is 9.47 Å². The molecule has 1 amide bonds. The molecule has 23 heavy (non-hydrogen) atoms. The molecule has 128 valence electrons. The zero-order valence-electron chi connectivity index (χ0n) is 13.3. The number of rotatable bonds is 4. The van der Waals surface area contributed by atoms with Gasteiger partial charge in [0.2, 0.25) is 5.91 Å². The van der Waals surface area contributed by atoms with Crippen molar-refractivity contribution in [3.05, 3.63) is 17.2 Å². The van der Waals surface area contributed by atoms with Crippen LogP contribution in [0.2, 0.25) is 0 Å². The molecule has 0 radical (unpaired) electrons. The summed E-state index contributed by atoms with van der Waals surface area (Å²) in [6.45, 7) is 3.21. The minimum absolute atomic E-state index is 0.0287. The van der Waals surface area contributed by atoms with Crippen LogP contribution in [0.15, 0.2) is 0 Å². The fourth-order valence-electron chi connectivity index (χ4n) is 3.72. The summed E-state index contributed by atoms with van der Waals surface area (Å²) in [5.74, 6) is 0.740. The first-order valence-electron chi connectivity index (χ1n) is 8.33. The molecule has 1 atom stereocenters. The highest BCUT2D eigenvalue weighted by molar-refractivity contribution is 5.78. The van der Waals surface area contributed by atoms with Gasteiger partial charge in [0.25, 0.3) is 0 Å². The van der Waals surface area contributed by atoms with E-state index < -0.39 is 11.9 Å². The molecular formula is C16H22F3N3O. The Kier molecular flexibility index (Phi) is 4.38. The van der Waals surface area contributed by atoms with Crippen molar-refractivity contribution in [2.24, 2.45) is 5.92 Å². The van der Waals surface area contributed by atoms with Crippen LogP contribution < -0.4 is 0 Å². The van der Waals surface area contributed by atoms with Gasteiger partial charge in [0.1, 0.15) is 5.82 Å². The number of likely N-dealkylation sites (tertiary alicyclic amines) is 1. The molecule has 0 aliphatic carbocycles. The van der Waals surface area contributed by atoms with Crippen LogP contribution in [-0.2, 0) is 30.5 Å². The van der Waals surface area contributed by atoms with E-state index in [1.54, 1.807) is 9.47 Å². The minimum Gasteiger partial charge on any atom is -0.336 e. The molecule has 0 bridgehead atoms. The quantitative estimate of drug-likeness (QED) is 0.849. The van der Waals surface area contributed by atoms with Crippen LogP contribution in [0, 0.1) is 5.92 Å². The molecule has 1 aromatic rings. The monoisotopic (exact) mass is 329 g/mol. The number of carbonyl (C=O) groups excluding carboxylic acids is 1. The van der Waals surface area contributed by atoms with Crippen LogP contribution in [0.3, 0.4) is 0 Å². The van der Waals surface area contributed by atoms with E-state index in [-0.39, 0.29) is 24.1 Å². The predicted octanol–water partition coefficient (Wildman–Crippen LogP) is 3.39. The molecule has 1 fully saturated rings. The zero-order chi connectivity index (χ0) is 16.6. The number of carbonyl (C=O) groups is 1. The number of alkyl halides is 3. The Bertz CT molecular complexity index is 594. The second-order valence-corrected chi connectivity index (χ2v) is 6.56. The molecule has 2 aliphatic rings. The third-order valence-corrected chi connectivity index (χ3v) is 4.78. The largest absolute Gasteiger partial charge is 0.435 e. The Labute approximate surface area is 133 Å². The molecule has 1 aromatic heterocycles. The molecule has 3 heterocycles. The summed E-state index contributed by atoms with van der Waals surface area (Å²) in [6.07, 6.45) is 0.229. The third-order valence-electron chi connectivity index (χ3n) is 4.78. The number of amides is 1. The van der Waals surface area contributed by atoms with E-state index in [2.05, 4.69) is 11.9 Å². The molecule has 3 rings (SSSR count). The first-order chi connectivity index (χ1) is 10.9. The lowest BCUT2D eigenvalue weighted by Gasteiger charge is -2.21. The molecule has 7 heteroatoms. The van der Waals surface area contributed by atoms with Crippen LogP contribution in [0.25, 0.3) is 0 Å². The van der Waals surface area contributed by atoms with Crippen molar-refractivity contribution in [2.45, 2.75) is 64.7 Å². The number of hydrogen-bond donors (Lipinski definition) is 0. The van der Waals surface area contributed by atoms with Crippen molar-refractivity contribution >= 4 is 5.91 Å². The van der Waals surface area contributed by atoms with E-state index >= 15 is 0 Å². The van der Waals surface area contributed by atoms with Crippen molar-refractivity contribution < 1.29 is 18.0 Å². The summed E-state index contributed by atoms with van der Waals surface area (Å²) in [4.78, 5) is 17.6. The average Bonchev–Trinajstić information content (AvgIpc) is 3.01. The fourth-order valence-corrected chi connectivity index (χ4v) is 3.72. The van der Waals surface area contributed by atoms with Gasteiger partial charge in [0, 0.05) is 25.9 Å². The normalized spacial score (nSPS) is 21.8. The van der Waals surface area contributed by atoms with Crippen LogP contribution in [0.5, 0.6) is 0 Å². The van der Waals surface area contributed by atoms with Gasteiger partial charge in [-0.1, -0.05) is 13.3 Å². The van der Waals surface area contributed by atoms with Crippen molar-refractivity contribution in [3.8, 4) is 0 Å². The maximum atomic E-state index is 13.3. The SMILES string of the molecule is CCCC1CC(=O)N(Cc2c(C(F)(F)F)nc3n2CCCC3)C1. The number of fused-ring (bicyclic) bond motifs is 1. The highest BCUT2D eigenvalue weighted by Gasteiger charge is 2.40. The summed E-state index contributed by atoms with van der Waals surface area (Å²) in [5.41, 5.74) is -0.640. The Morgan fingerprint density at radius 2 is 2.09 bits per heavy atom. The first kappa shape index (κ1) is 16.3. The third kappa shape index (κ3) is 3.23. The van der Waals surface area contributed by atoms with Crippen LogP contribution in [-0.4, -0.2) is 26.9 Å². The second kappa shape index (κ2) is 6.17. The van der Waals surface area contributed by atoms with Gasteiger partial charge in [0.15, 0.2) is 5.69 Å². The molecule has 1 unspecified atom stereocenters. The smallest absolute Gasteiger partial charge is 0.336 e. The molecule has 0 spiro atoms. The van der Waals surface area contributed by atoms with Gasteiger partial charge in [-0.25, -0.2) is 4.98 Å². The summed E-state index contributed by atoms with van der Waals surface area (Å²) in [5, 5.41) is 0. The van der Waals surface area contributed by atoms with E-state index in [0.717, 1.165) is 25.7 Å². The molecule has 0 saturated carbocycles. The van der Waals surface area contributed by atoms with Crippen molar-refractivity contribution in [1.82, 2.24) is 14.5 Å². The maximum Gasteiger partial charge on any atom is 0.435 e. The van der Waals surface area contributed by atoms with E-state index in [9.17, 15) is 18.0 Å². The maximum absolute atomic E-state index is 13.3. The fraction of sp³-hybridized carbons (Fsp3) is 0.750. The standard InChI is InChI=1S/C16H22F3N3O/c1-2-5-11-8-14(23)21(9-11)10-12-15(16(17,18)19)20-13-6-3-4-7-22(12)13/h11H,2-10H2,1H3. The second-order valence-electron chi connectivity index (χ2n) is 6.56. The van der Waals surface area contributed by atoms with E-state index in [1.165, 1.54) is 0 Å². The van der Waals surface area contributed by atoms with E-state index in [4.69, 9.17) is 0 Å². The number of halogens is 3. The minimum atomic E-state index is -4.47. The number of hydrogen-bond acceptors (Lipinski definition) is 2. The highest BCUT2D eigenvalue weighted by Crippen LogP contribution is 2.35. The van der Waals surface area contributed by atoms with Crippen molar-refractivity contribution in [1.29, 1.82) is 0 Å². The van der Waals surface area contributed by atoms with Crippen molar-refractivity contribution in [3.63, 3.8) is 0 Å². The van der Waals surface area contributed by atoms with Gasteiger partial charge >= 0.3 is 6.18 Å². The topological polar surface area (TPSA) is 38.1 Å². The molecule has 1 saturated heterocycles. The molecule has 2 aliphatic heterocycles. The Hall–Kier alpha value is -1.53. The van der Waals surface area contributed by atoms with Gasteiger partial charge in [-0.05, 0) is 25.2 Å².